The third kappa shape index (κ3) is 3.04. The number of nitrogens with two attached hydrogens (primary N) is 1. The minimum absolute atomic E-state index is 0.0873. The number of fused-ring (bicyclic) bond motifs is 1. The molecule has 0 saturated carbocycles. The highest BCUT2D eigenvalue weighted by Gasteiger charge is 2.24. The lowest BCUT2D eigenvalue weighted by Gasteiger charge is -2.31. The Bertz CT molecular complexity index is 831. The van der Waals surface area contributed by atoms with Crippen LogP contribution in [0.2, 0.25) is 0 Å². The van der Waals surface area contributed by atoms with E-state index in [0.717, 1.165) is 11.3 Å². The first kappa shape index (κ1) is 15.9. The van der Waals surface area contributed by atoms with E-state index < -0.39 is 5.82 Å². The third-order valence-electron chi connectivity index (χ3n) is 3.72. The second kappa shape index (κ2) is 6.64. The number of carbonyl (C=O) groups is 1. The van der Waals surface area contributed by atoms with Gasteiger partial charge < -0.3 is 5.73 Å². The van der Waals surface area contributed by atoms with Crippen molar-refractivity contribution in [2.24, 2.45) is 10.7 Å². The van der Waals surface area contributed by atoms with Gasteiger partial charge in [-0.15, -0.1) is 0 Å². The number of hydrogen-bond acceptors (Lipinski definition) is 4. The number of benzene rings is 2. The van der Waals surface area contributed by atoms with E-state index in [1.54, 1.807) is 18.2 Å². The molecule has 0 aromatic heterocycles. The summed E-state index contributed by atoms with van der Waals surface area (Å²) < 4.78 is 13.7. The number of para-hydroxylation sites is 1. The molecule has 0 unspecified atom stereocenters. The van der Waals surface area contributed by atoms with E-state index in [1.807, 2.05) is 24.3 Å². The van der Waals surface area contributed by atoms with Crippen LogP contribution in [0.5, 0.6) is 0 Å². The van der Waals surface area contributed by atoms with Crippen LogP contribution >= 0.6 is 0 Å². The summed E-state index contributed by atoms with van der Waals surface area (Å²) in [6.45, 7) is 4.15. The Morgan fingerprint density at radius 3 is 2.67 bits per heavy atom. The van der Waals surface area contributed by atoms with Gasteiger partial charge in [-0.2, -0.15) is 0 Å². The second-order valence-electron chi connectivity index (χ2n) is 5.33. The highest BCUT2D eigenvalue weighted by Crippen LogP contribution is 2.31. The number of carbonyl (C=O) groups excluding carboxylic acids is 1. The average molecular weight is 324 g/mol. The van der Waals surface area contributed by atoms with Crippen molar-refractivity contribution in [3.8, 4) is 0 Å². The fourth-order valence-corrected chi connectivity index (χ4v) is 2.53. The second-order valence-corrected chi connectivity index (χ2v) is 5.33. The van der Waals surface area contributed by atoms with Crippen LogP contribution in [0.1, 0.15) is 11.1 Å². The van der Waals surface area contributed by atoms with Gasteiger partial charge >= 0.3 is 0 Å². The summed E-state index contributed by atoms with van der Waals surface area (Å²) in [5, 5.41) is 1.46. The topological polar surface area (TPSA) is 70.7 Å². The number of nitrogens with one attached hydrogen (secondary N) is 1. The molecule has 0 bridgehead atoms. The summed E-state index contributed by atoms with van der Waals surface area (Å²) in [5.41, 5.74) is 10.9. The van der Waals surface area contributed by atoms with Crippen LogP contribution < -0.4 is 11.2 Å². The third-order valence-corrected chi connectivity index (χ3v) is 3.72. The van der Waals surface area contributed by atoms with Crippen LogP contribution in [0.25, 0.3) is 5.70 Å². The monoisotopic (exact) mass is 324 g/mol. The zero-order valence-electron chi connectivity index (χ0n) is 13.0. The van der Waals surface area contributed by atoms with Gasteiger partial charge in [-0.05, 0) is 17.7 Å². The van der Waals surface area contributed by atoms with Crippen LogP contribution in [-0.4, -0.2) is 23.3 Å². The quantitative estimate of drug-likeness (QED) is 0.907. The van der Waals surface area contributed by atoms with E-state index in [4.69, 9.17) is 5.73 Å². The smallest absolute Gasteiger partial charge is 0.243 e. The number of hydrazine groups is 1. The van der Waals surface area contributed by atoms with Crippen LogP contribution in [-0.2, 0) is 11.2 Å². The summed E-state index contributed by atoms with van der Waals surface area (Å²) in [5.74, 6) is -0.314. The van der Waals surface area contributed by atoms with Crippen molar-refractivity contribution >= 4 is 23.1 Å². The number of amidine groups is 1. The number of rotatable bonds is 4. The predicted octanol–water partition coefficient (Wildman–Crippen LogP) is 2.37. The summed E-state index contributed by atoms with van der Waals surface area (Å²) in [6.07, 6.45) is -0.0873. The minimum atomic E-state index is -0.414. The van der Waals surface area contributed by atoms with Gasteiger partial charge in [0.05, 0.1) is 24.4 Å². The lowest BCUT2D eigenvalue weighted by Crippen LogP contribution is -2.48. The zero-order valence-corrected chi connectivity index (χ0v) is 13.0. The number of nitrogens with zero attached hydrogens (tertiary/aromatic N) is 2. The molecule has 0 fully saturated rings. The Kier molecular flexibility index (Phi) is 4.39. The molecule has 1 amide bonds. The molecule has 24 heavy (non-hydrogen) atoms. The zero-order chi connectivity index (χ0) is 17.1. The van der Waals surface area contributed by atoms with Crippen molar-refractivity contribution in [2.45, 2.75) is 6.42 Å². The normalized spacial score (nSPS) is 13.3. The number of amides is 1. The van der Waals surface area contributed by atoms with Gasteiger partial charge in [0.15, 0.2) is 0 Å². The van der Waals surface area contributed by atoms with Gasteiger partial charge in [0.2, 0.25) is 5.91 Å². The molecular weight excluding hydrogens is 307 g/mol. The van der Waals surface area contributed by atoms with Crippen LogP contribution in [0.3, 0.4) is 0 Å². The van der Waals surface area contributed by atoms with Crippen LogP contribution in [0.15, 0.2) is 60.1 Å². The molecule has 122 valence electrons. The molecule has 0 atom stereocenters. The summed E-state index contributed by atoms with van der Waals surface area (Å²) in [7, 11) is 0. The van der Waals surface area contributed by atoms with Crippen molar-refractivity contribution in [3.63, 3.8) is 0 Å². The Labute approximate surface area is 139 Å². The Balaban J connectivity index is 1.81. The fraction of sp³-hybridized carbons (Fsp3) is 0.111. The lowest BCUT2D eigenvalue weighted by atomic mass is 10.1. The molecule has 2 aromatic rings. The van der Waals surface area contributed by atoms with E-state index in [0.29, 0.717) is 17.1 Å². The van der Waals surface area contributed by atoms with Crippen LogP contribution in [0, 0.1) is 5.82 Å². The van der Waals surface area contributed by atoms with E-state index in [2.05, 4.69) is 17.0 Å². The Morgan fingerprint density at radius 1 is 1.21 bits per heavy atom. The van der Waals surface area contributed by atoms with E-state index in [-0.39, 0.29) is 18.9 Å². The van der Waals surface area contributed by atoms with Crippen molar-refractivity contribution in [2.75, 3.05) is 6.54 Å². The lowest BCUT2D eigenvalue weighted by molar-refractivity contribution is -0.122. The maximum atomic E-state index is 13.7. The molecule has 0 spiro atoms. The highest BCUT2D eigenvalue weighted by molar-refractivity contribution is 6.00. The Morgan fingerprint density at radius 2 is 1.92 bits per heavy atom. The molecular formula is C18H17FN4O. The molecule has 2 aromatic carbocycles. The first-order valence-corrected chi connectivity index (χ1v) is 7.49. The predicted molar refractivity (Wildman–Crippen MR) is 91.7 cm³/mol. The van der Waals surface area contributed by atoms with Crippen LogP contribution in [0.4, 0.5) is 10.1 Å². The first-order chi connectivity index (χ1) is 11.6. The first-order valence-electron chi connectivity index (χ1n) is 7.49. The standard InChI is InChI=1S/C18H17FN4O/c1-12-14-7-3-5-9-16(14)21-17(11-20)23(12)22-18(24)10-13-6-2-4-8-15(13)19/h2-9H,1,10-11,20H2,(H,22,24). The molecule has 6 heteroatoms. The van der Waals surface area contributed by atoms with Gasteiger partial charge in [0, 0.05) is 5.56 Å². The molecule has 3 N–H and O–H groups in total. The van der Waals surface area contributed by atoms with Gasteiger partial charge in [-0.25, -0.2) is 14.4 Å². The van der Waals surface area contributed by atoms with Crippen molar-refractivity contribution < 1.29 is 9.18 Å². The molecule has 1 heterocycles. The van der Waals surface area contributed by atoms with Crippen molar-refractivity contribution in [1.82, 2.24) is 10.4 Å². The van der Waals surface area contributed by atoms with Gasteiger partial charge in [0.1, 0.15) is 11.7 Å². The van der Waals surface area contributed by atoms with Gasteiger partial charge in [0.25, 0.3) is 0 Å². The number of aliphatic imine (C=N–C) groups is 1. The summed E-state index contributed by atoms with van der Waals surface area (Å²) in [4.78, 5) is 16.7. The molecule has 5 nitrogen and oxygen atoms in total. The van der Waals surface area contributed by atoms with E-state index in [1.165, 1.54) is 11.1 Å². The molecule has 0 saturated heterocycles. The van der Waals surface area contributed by atoms with Gasteiger partial charge in [-0.1, -0.05) is 43.0 Å². The highest BCUT2D eigenvalue weighted by atomic mass is 19.1. The average Bonchev–Trinajstić information content (AvgIpc) is 2.59. The number of halogens is 1. The van der Waals surface area contributed by atoms with Crippen molar-refractivity contribution in [1.29, 1.82) is 0 Å². The molecule has 3 rings (SSSR count). The van der Waals surface area contributed by atoms with Gasteiger partial charge in [-0.3, -0.25) is 10.2 Å². The largest absolute Gasteiger partial charge is 0.324 e. The summed E-state index contributed by atoms with van der Waals surface area (Å²) in [6, 6.07) is 13.6. The maximum absolute atomic E-state index is 13.7. The molecule has 1 aliphatic heterocycles. The maximum Gasteiger partial charge on any atom is 0.243 e. The number of hydrogen-bond donors (Lipinski definition) is 2. The van der Waals surface area contributed by atoms with Crippen molar-refractivity contribution in [3.05, 3.63) is 72.1 Å². The molecule has 1 aliphatic rings. The van der Waals surface area contributed by atoms with E-state index in [9.17, 15) is 9.18 Å². The summed E-state index contributed by atoms with van der Waals surface area (Å²) >= 11 is 0. The molecule has 0 radical (unpaired) electrons. The Hall–Kier alpha value is -2.99. The molecule has 0 aliphatic carbocycles. The SMILES string of the molecule is C=C1c2ccccc2N=C(CN)N1NC(=O)Cc1ccccc1F. The minimum Gasteiger partial charge on any atom is -0.324 e. The fourth-order valence-electron chi connectivity index (χ4n) is 2.53. The van der Waals surface area contributed by atoms with E-state index >= 15 is 0 Å².